The van der Waals surface area contributed by atoms with Gasteiger partial charge in [0.05, 0.1) is 18.4 Å². The lowest BCUT2D eigenvalue weighted by Crippen LogP contribution is -2.32. The second-order valence-electron chi connectivity index (χ2n) is 7.63. The van der Waals surface area contributed by atoms with Crippen LogP contribution in [-0.4, -0.2) is 23.7 Å². The first-order valence-electron chi connectivity index (χ1n) is 9.96. The molecule has 1 aromatic heterocycles. The molecule has 1 aliphatic heterocycles. The molecule has 1 aliphatic carbocycles. The molecule has 3 atom stereocenters. The number of carbonyl (C=O) groups excluding carboxylic acids is 1. The van der Waals surface area contributed by atoms with Crippen LogP contribution in [0.2, 0.25) is 0 Å². The minimum Gasteiger partial charge on any atom is -0.490 e. The summed E-state index contributed by atoms with van der Waals surface area (Å²) in [6.07, 6.45) is 1.35. The summed E-state index contributed by atoms with van der Waals surface area (Å²) in [6.45, 7) is 0.185. The number of amides is 2. The molecule has 2 aliphatic rings. The number of aromatic nitrogens is 1. The second-order valence-corrected chi connectivity index (χ2v) is 7.63. The normalized spacial score (nSPS) is 19.9. The topological polar surface area (TPSA) is 96.3 Å². The van der Waals surface area contributed by atoms with Gasteiger partial charge in [-0.15, -0.1) is 0 Å². The van der Waals surface area contributed by atoms with Crippen molar-refractivity contribution in [1.82, 2.24) is 10.3 Å². The standard InChI is InChI=1S/C23H15F3N4O3/c24-15-3-1-12(7-11(15)8-27)33-13-2-6-18(28-9-13)29-23(31)30-21-14-10-32-22-17(26)5-4-16(25)20(22)19(14)21/h1-7,9,14,19,21H,10H2,(H2,28,29,30,31)/t14-,19-,21?/m0/s1. The molecule has 166 valence electrons. The van der Waals surface area contributed by atoms with Crippen LogP contribution in [0.15, 0.2) is 48.7 Å². The van der Waals surface area contributed by atoms with Crippen LogP contribution in [0.25, 0.3) is 0 Å². The summed E-state index contributed by atoms with van der Waals surface area (Å²) >= 11 is 0. The van der Waals surface area contributed by atoms with E-state index in [4.69, 9.17) is 14.7 Å². The van der Waals surface area contributed by atoms with Crippen LogP contribution in [-0.2, 0) is 0 Å². The van der Waals surface area contributed by atoms with E-state index < -0.39 is 29.5 Å². The Morgan fingerprint density at radius 3 is 2.61 bits per heavy atom. The number of ether oxygens (including phenoxy) is 2. The van der Waals surface area contributed by atoms with Crippen LogP contribution in [0.1, 0.15) is 17.0 Å². The summed E-state index contributed by atoms with van der Waals surface area (Å²) in [5.41, 5.74) is 0.00299. The molecule has 33 heavy (non-hydrogen) atoms. The number of carbonyl (C=O) groups is 1. The number of halogens is 3. The molecular formula is C23H15F3N4O3. The molecular weight excluding hydrogens is 437 g/mol. The molecule has 1 fully saturated rings. The van der Waals surface area contributed by atoms with Gasteiger partial charge in [0.25, 0.3) is 0 Å². The molecule has 3 aromatic rings. The maximum Gasteiger partial charge on any atom is 0.320 e. The van der Waals surface area contributed by atoms with Crippen molar-refractivity contribution in [1.29, 1.82) is 5.26 Å². The zero-order chi connectivity index (χ0) is 23.1. The minimum atomic E-state index is -0.646. The average Bonchev–Trinajstić information content (AvgIpc) is 3.51. The summed E-state index contributed by atoms with van der Waals surface area (Å²) in [4.78, 5) is 16.5. The summed E-state index contributed by atoms with van der Waals surface area (Å²) in [6, 6.07) is 9.66. The van der Waals surface area contributed by atoms with Gasteiger partial charge in [-0.05, 0) is 36.4 Å². The van der Waals surface area contributed by atoms with Crippen LogP contribution < -0.4 is 20.1 Å². The number of benzene rings is 2. The lowest BCUT2D eigenvalue weighted by molar-refractivity contribution is 0.247. The van der Waals surface area contributed by atoms with Crippen LogP contribution in [0.5, 0.6) is 17.2 Å². The van der Waals surface area contributed by atoms with Crippen LogP contribution >= 0.6 is 0 Å². The molecule has 0 spiro atoms. The number of nitrogens with one attached hydrogen (secondary N) is 2. The predicted molar refractivity (Wildman–Crippen MR) is 109 cm³/mol. The third-order valence-electron chi connectivity index (χ3n) is 5.59. The Labute approximate surface area is 185 Å². The Morgan fingerprint density at radius 2 is 1.85 bits per heavy atom. The molecule has 1 saturated carbocycles. The number of hydrogen-bond donors (Lipinski definition) is 2. The monoisotopic (exact) mass is 452 g/mol. The fourth-order valence-electron chi connectivity index (χ4n) is 3.97. The summed E-state index contributed by atoms with van der Waals surface area (Å²) in [5.74, 6) is -1.62. The van der Waals surface area contributed by atoms with Crippen LogP contribution in [0.4, 0.5) is 23.8 Å². The van der Waals surface area contributed by atoms with Crippen molar-refractivity contribution in [2.45, 2.75) is 12.0 Å². The van der Waals surface area contributed by atoms with Crippen molar-refractivity contribution in [3.05, 3.63) is 77.2 Å². The number of urea groups is 1. The molecule has 0 bridgehead atoms. The Hall–Kier alpha value is -4.26. The molecule has 2 N–H and O–H groups in total. The molecule has 1 unspecified atom stereocenters. The fourth-order valence-corrected chi connectivity index (χ4v) is 3.97. The highest BCUT2D eigenvalue weighted by Crippen LogP contribution is 2.55. The second kappa shape index (κ2) is 8.02. The van der Waals surface area contributed by atoms with E-state index in [-0.39, 0.29) is 46.9 Å². The highest BCUT2D eigenvalue weighted by Gasteiger charge is 2.57. The van der Waals surface area contributed by atoms with Crippen molar-refractivity contribution in [2.75, 3.05) is 11.9 Å². The van der Waals surface area contributed by atoms with E-state index in [9.17, 15) is 18.0 Å². The van der Waals surface area contributed by atoms with Gasteiger partial charge in [-0.3, -0.25) is 5.32 Å². The SMILES string of the molecule is N#Cc1cc(Oc2ccc(NC(=O)NC3[C@H]4COc5c(F)ccc(F)c5[C@@H]34)nc2)ccc1F. The number of pyridine rings is 1. The fraction of sp³-hybridized carbons (Fsp3) is 0.174. The van der Waals surface area contributed by atoms with Crippen molar-refractivity contribution < 1.29 is 27.4 Å². The van der Waals surface area contributed by atoms with Crippen molar-refractivity contribution in [2.24, 2.45) is 5.92 Å². The van der Waals surface area contributed by atoms with Gasteiger partial charge in [-0.1, -0.05) is 0 Å². The number of nitrogens with zero attached hydrogens (tertiary/aromatic N) is 2. The third-order valence-corrected chi connectivity index (χ3v) is 5.59. The molecule has 0 radical (unpaired) electrons. The van der Waals surface area contributed by atoms with Gasteiger partial charge in [-0.25, -0.2) is 22.9 Å². The molecule has 0 saturated heterocycles. The van der Waals surface area contributed by atoms with Gasteiger partial charge in [0, 0.05) is 29.5 Å². The largest absolute Gasteiger partial charge is 0.490 e. The Morgan fingerprint density at radius 1 is 1.09 bits per heavy atom. The number of nitriles is 1. The minimum absolute atomic E-state index is 0.0961. The Bertz CT molecular complexity index is 1290. The molecule has 7 nitrogen and oxygen atoms in total. The first-order valence-corrected chi connectivity index (χ1v) is 9.96. The van der Waals surface area contributed by atoms with E-state index in [0.717, 1.165) is 18.2 Å². The summed E-state index contributed by atoms with van der Waals surface area (Å²) in [5, 5.41) is 14.2. The smallest absolute Gasteiger partial charge is 0.320 e. The predicted octanol–water partition coefficient (Wildman–Crippen LogP) is 4.46. The lowest BCUT2D eigenvalue weighted by atomic mass is 10.0. The van der Waals surface area contributed by atoms with Crippen molar-refractivity contribution in [3.8, 4) is 23.3 Å². The zero-order valence-electron chi connectivity index (χ0n) is 16.8. The number of hydrogen-bond acceptors (Lipinski definition) is 5. The van der Waals surface area contributed by atoms with Crippen molar-refractivity contribution >= 4 is 11.8 Å². The van der Waals surface area contributed by atoms with Crippen LogP contribution in [0.3, 0.4) is 0 Å². The van der Waals surface area contributed by atoms with Gasteiger partial charge >= 0.3 is 6.03 Å². The zero-order valence-corrected chi connectivity index (χ0v) is 16.8. The van der Waals surface area contributed by atoms with Gasteiger partial charge in [0.2, 0.25) is 0 Å². The van der Waals surface area contributed by atoms with E-state index in [2.05, 4.69) is 15.6 Å². The maximum absolute atomic E-state index is 14.2. The van der Waals surface area contributed by atoms with E-state index >= 15 is 0 Å². The Kier molecular flexibility index (Phi) is 5.01. The maximum atomic E-state index is 14.2. The molecule has 5 rings (SSSR count). The van der Waals surface area contributed by atoms with E-state index in [0.29, 0.717) is 5.75 Å². The third kappa shape index (κ3) is 3.89. The number of anilines is 1. The highest BCUT2D eigenvalue weighted by atomic mass is 19.1. The quantitative estimate of drug-likeness (QED) is 0.610. The van der Waals surface area contributed by atoms with Crippen LogP contribution in [0, 0.1) is 34.7 Å². The molecule has 2 heterocycles. The first kappa shape index (κ1) is 20.6. The number of rotatable bonds is 4. The first-order chi connectivity index (χ1) is 15.9. The van der Waals surface area contributed by atoms with E-state index in [1.807, 2.05) is 0 Å². The van der Waals surface area contributed by atoms with Gasteiger partial charge in [0.15, 0.2) is 11.6 Å². The highest BCUT2D eigenvalue weighted by molar-refractivity contribution is 5.89. The average molecular weight is 452 g/mol. The van der Waals surface area contributed by atoms with E-state index in [1.165, 1.54) is 30.5 Å². The number of fused-ring (bicyclic) bond motifs is 3. The van der Waals surface area contributed by atoms with Crippen molar-refractivity contribution in [3.63, 3.8) is 0 Å². The van der Waals surface area contributed by atoms with Gasteiger partial charge < -0.3 is 14.8 Å². The Balaban J connectivity index is 1.20. The molecule has 10 heteroatoms. The molecule has 2 aromatic carbocycles. The summed E-state index contributed by atoms with van der Waals surface area (Å²) in [7, 11) is 0. The van der Waals surface area contributed by atoms with Gasteiger partial charge in [-0.2, -0.15) is 5.26 Å². The van der Waals surface area contributed by atoms with E-state index in [1.54, 1.807) is 6.07 Å². The summed E-state index contributed by atoms with van der Waals surface area (Å²) < 4.78 is 52.4. The van der Waals surface area contributed by atoms with Gasteiger partial charge in [0.1, 0.15) is 35.0 Å². The lowest BCUT2D eigenvalue weighted by Gasteiger charge is -2.16. The molecule has 2 amide bonds.